The Morgan fingerprint density at radius 3 is 2.68 bits per heavy atom. The molecule has 0 unspecified atom stereocenters. The number of hydrogen-bond donors (Lipinski definition) is 0. The lowest BCUT2D eigenvalue weighted by Crippen LogP contribution is -2.32. The molecule has 0 heterocycles. The zero-order valence-electron chi connectivity index (χ0n) is 10.8. The number of ether oxygens (including phenoxy) is 1. The first-order valence-corrected chi connectivity index (χ1v) is 5.84. The van der Waals surface area contributed by atoms with E-state index in [-0.39, 0.29) is 31.1 Å². The van der Waals surface area contributed by atoms with E-state index in [4.69, 9.17) is 4.74 Å². The lowest BCUT2D eigenvalue weighted by Gasteiger charge is -2.21. The summed E-state index contributed by atoms with van der Waals surface area (Å²) in [5.74, 6) is -1.29. The Morgan fingerprint density at radius 2 is 2.16 bits per heavy atom. The molecular weight excluding hydrogens is 255 g/mol. The number of nitro groups is 1. The third kappa shape index (κ3) is 3.64. The van der Waals surface area contributed by atoms with Gasteiger partial charge in [-0.15, -0.1) is 0 Å². The molecule has 0 spiro atoms. The molecule has 0 fully saturated rings. The van der Waals surface area contributed by atoms with Crippen LogP contribution in [0.4, 0.5) is 15.8 Å². The van der Waals surface area contributed by atoms with E-state index in [1.807, 2.05) is 0 Å². The van der Waals surface area contributed by atoms with Crippen molar-refractivity contribution in [2.45, 2.75) is 13.8 Å². The number of likely N-dealkylation sites (N-methyl/N-ethyl adjacent to an activating group) is 1. The van der Waals surface area contributed by atoms with Crippen molar-refractivity contribution in [3.8, 4) is 0 Å². The van der Waals surface area contributed by atoms with Gasteiger partial charge in [0, 0.05) is 12.6 Å². The highest BCUT2D eigenvalue weighted by atomic mass is 19.1. The van der Waals surface area contributed by atoms with Gasteiger partial charge in [-0.1, -0.05) is 6.07 Å². The van der Waals surface area contributed by atoms with Crippen molar-refractivity contribution in [2.24, 2.45) is 0 Å². The number of hydrogen-bond acceptors (Lipinski definition) is 5. The topological polar surface area (TPSA) is 72.7 Å². The zero-order valence-corrected chi connectivity index (χ0v) is 10.8. The van der Waals surface area contributed by atoms with Crippen LogP contribution in [0.15, 0.2) is 18.2 Å². The van der Waals surface area contributed by atoms with Gasteiger partial charge in [0.05, 0.1) is 11.5 Å². The van der Waals surface area contributed by atoms with Crippen LogP contribution in [0.5, 0.6) is 0 Å². The van der Waals surface area contributed by atoms with Gasteiger partial charge >= 0.3 is 5.97 Å². The fourth-order valence-corrected chi connectivity index (χ4v) is 1.68. The SMILES string of the molecule is CCOC(=O)CN(CC)c1c(F)cccc1[N+](=O)[O-]. The molecule has 7 heteroatoms. The van der Waals surface area contributed by atoms with Crippen molar-refractivity contribution in [1.82, 2.24) is 0 Å². The molecule has 1 aromatic carbocycles. The first kappa shape index (κ1) is 14.9. The van der Waals surface area contributed by atoms with Gasteiger partial charge in [0.1, 0.15) is 6.54 Å². The van der Waals surface area contributed by atoms with Crippen molar-refractivity contribution in [3.63, 3.8) is 0 Å². The van der Waals surface area contributed by atoms with Gasteiger partial charge in [-0.05, 0) is 19.9 Å². The number of nitrogens with zero attached hydrogens (tertiary/aromatic N) is 2. The molecule has 0 aliphatic rings. The molecule has 0 radical (unpaired) electrons. The minimum atomic E-state index is -0.736. The molecule has 0 aliphatic carbocycles. The summed E-state index contributed by atoms with van der Waals surface area (Å²) in [6.07, 6.45) is 0. The molecular formula is C12H15FN2O4. The highest BCUT2D eigenvalue weighted by molar-refractivity contribution is 5.78. The fourth-order valence-electron chi connectivity index (χ4n) is 1.68. The first-order chi connectivity index (χ1) is 9.01. The Balaban J connectivity index is 3.10. The monoisotopic (exact) mass is 270 g/mol. The van der Waals surface area contributed by atoms with Crippen molar-refractivity contribution in [3.05, 3.63) is 34.1 Å². The lowest BCUT2D eigenvalue weighted by atomic mass is 10.2. The highest BCUT2D eigenvalue weighted by Crippen LogP contribution is 2.30. The summed E-state index contributed by atoms with van der Waals surface area (Å²) in [6, 6.07) is 3.58. The normalized spacial score (nSPS) is 10.1. The number of rotatable bonds is 6. The fraction of sp³-hybridized carbons (Fsp3) is 0.417. The molecule has 1 rings (SSSR count). The van der Waals surface area contributed by atoms with Crippen LogP contribution in [0.2, 0.25) is 0 Å². The van der Waals surface area contributed by atoms with E-state index < -0.39 is 16.7 Å². The van der Waals surface area contributed by atoms with Crippen LogP contribution >= 0.6 is 0 Å². The quantitative estimate of drug-likeness (QED) is 0.450. The van der Waals surface area contributed by atoms with Crippen molar-refractivity contribution >= 4 is 17.3 Å². The van der Waals surface area contributed by atoms with Gasteiger partial charge in [-0.25, -0.2) is 4.39 Å². The van der Waals surface area contributed by atoms with E-state index in [2.05, 4.69) is 0 Å². The minimum Gasteiger partial charge on any atom is -0.465 e. The standard InChI is InChI=1S/C12H15FN2O4/c1-3-14(8-11(16)19-4-2)12-9(13)6-5-7-10(12)15(17)18/h5-7H,3-4,8H2,1-2H3. The summed E-state index contributed by atoms with van der Waals surface area (Å²) < 4.78 is 18.5. The molecule has 0 aliphatic heterocycles. The molecule has 0 N–H and O–H groups in total. The number of nitro benzene ring substituents is 1. The van der Waals surface area contributed by atoms with Crippen LogP contribution in [0.1, 0.15) is 13.8 Å². The minimum absolute atomic E-state index is 0.192. The van der Waals surface area contributed by atoms with Crippen LogP contribution in [0.25, 0.3) is 0 Å². The summed E-state index contributed by atoms with van der Waals surface area (Å²) in [6.45, 7) is 3.55. The number of halogens is 1. The Bertz CT molecular complexity index is 479. The lowest BCUT2D eigenvalue weighted by molar-refractivity contribution is -0.384. The molecule has 19 heavy (non-hydrogen) atoms. The largest absolute Gasteiger partial charge is 0.465 e. The Kier molecular flexibility index (Phi) is 5.23. The maximum atomic E-state index is 13.8. The van der Waals surface area contributed by atoms with Crippen LogP contribution in [0.3, 0.4) is 0 Å². The predicted octanol–water partition coefficient (Wildman–Crippen LogP) is 2.12. The Morgan fingerprint density at radius 1 is 1.47 bits per heavy atom. The van der Waals surface area contributed by atoms with Crippen LogP contribution < -0.4 is 4.90 Å². The summed E-state index contributed by atoms with van der Waals surface area (Å²) in [4.78, 5) is 22.9. The molecule has 1 aromatic rings. The van der Waals surface area contributed by atoms with E-state index in [9.17, 15) is 19.3 Å². The number of para-hydroxylation sites is 1. The maximum absolute atomic E-state index is 13.8. The van der Waals surface area contributed by atoms with E-state index in [1.165, 1.54) is 17.0 Å². The highest BCUT2D eigenvalue weighted by Gasteiger charge is 2.24. The molecule has 0 bridgehead atoms. The van der Waals surface area contributed by atoms with Crippen LogP contribution in [-0.2, 0) is 9.53 Å². The molecule has 0 atom stereocenters. The molecule has 0 aromatic heterocycles. The van der Waals surface area contributed by atoms with Gasteiger partial charge in [0.25, 0.3) is 5.69 Å². The van der Waals surface area contributed by atoms with Gasteiger partial charge in [-0.2, -0.15) is 0 Å². The summed E-state index contributed by atoms with van der Waals surface area (Å²) in [5, 5.41) is 10.9. The Hall–Kier alpha value is -2.18. The number of carbonyl (C=O) groups is 1. The first-order valence-electron chi connectivity index (χ1n) is 5.84. The molecule has 0 saturated heterocycles. The Labute approximate surface area is 109 Å². The van der Waals surface area contributed by atoms with Gasteiger partial charge in [0.2, 0.25) is 0 Å². The van der Waals surface area contributed by atoms with Crippen LogP contribution in [0, 0.1) is 15.9 Å². The second-order valence-electron chi connectivity index (χ2n) is 3.68. The predicted molar refractivity (Wildman–Crippen MR) is 67.6 cm³/mol. The third-order valence-electron chi connectivity index (χ3n) is 2.49. The molecule has 6 nitrogen and oxygen atoms in total. The number of carbonyl (C=O) groups excluding carboxylic acids is 1. The molecule has 0 amide bonds. The maximum Gasteiger partial charge on any atom is 0.325 e. The molecule has 104 valence electrons. The van der Waals surface area contributed by atoms with E-state index in [1.54, 1.807) is 13.8 Å². The third-order valence-corrected chi connectivity index (χ3v) is 2.49. The van der Waals surface area contributed by atoms with Crippen molar-refractivity contribution < 1.29 is 18.8 Å². The summed E-state index contributed by atoms with van der Waals surface area (Å²) in [5.41, 5.74) is -0.561. The van der Waals surface area contributed by atoms with Gasteiger partial charge in [0.15, 0.2) is 11.5 Å². The summed E-state index contributed by atoms with van der Waals surface area (Å²) >= 11 is 0. The smallest absolute Gasteiger partial charge is 0.325 e. The second kappa shape index (κ2) is 6.67. The van der Waals surface area contributed by atoms with Gasteiger partial charge in [-0.3, -0.25) is 14.9 Å². The number of benzene rings is 1. The average molecular weight is 270 g/mol. The van der Waals surface area contributed by atoms with Crippen molar-refractivity contribution in [2.75, 3.05) is 24.6 Å². The second-order valence-corrected chi connectivity index (χ2v) is 3.68. The van der Waals surface area contributed by atoms with Crippen LogP contribution in [-0.4, -0.2) is 30.6 Å². The number of esters is 1. The average Bonchev–Trinajstić information content (AvgIpc) is 2.36. The number of anilines is 1. The van der Waals surface area contributed by atoms with E-state index >= 15 is 0 Å². The zero-order chi connectivity index (χ0) is 14.4. The van der Waals surface area contributed by atoms with E-state index in [0.29, 0.717) is 0 Å². The van der Waals surface area contributed by atoms with Gasteiger partial charge < -0.3 is 9.64 Å². The molecule has 0 saturated carbocycles. The summed E-state index contributed by atoms with van der Waals surface area (Å²) in [7, 11) is 0. The van der Waals surface area contributed by atoms with Crippen molar-refractivity contribution in [1.29, 1.82) is 0 Å². The van der Waals surface area contributed by atoms with E-state index in [0.717, 1.165) is 6.07 Å².